The maximum absolute atomic E-state index is 13.6. The molecule has 0 saturated carbocycles. The van der Waals surface area contributed by atoms with Crippen LogP contribution in [0.2, 0.25) is 0 Å². The zero-order valence-electron chi connectivity index (χ0n) is 14.8. The van der Waals surface area contributed by atoms with Crippen LogP contribution >= 0.6 is 0 Å². The lowest BCUT2D eigenvalue weighted by Crippen LogP contribution is -2.40. The molecule has 1 amide bonds. The van der Waals surface area contributed by atoms with E-state index in [4.69, 9.17) is 0 Å². The summed E-state index contributed by atoms with van der Waals surface area (Å²) in [6, 6.07) is 13.3. The number of carbonyl (C=O) groups is 1. The minimum atomic E-state index is -0.229. The Kier molecular flexibility index (Phi) is 6.34. The predicted octanol–water partition coefficient (Wildman–Crippen LogP) is 3.54. The van der Waals surface area contributed by atoms with Gasteiger partial charge in [-0.2, -0.15) is 0 Å². The molecule has 1 saturated heterocycles. The summed E-state index contributed by atoms with van der Waals surface area (Å²) in [4.78, 5) is 14.6. The van der Waals surface area contributed by atoms with E-state index in [1.165, 1.54) is 12.1 Å². The van der Waals surface area contributed by atoms with Crippen molar-refractivity contribution in [2.45, 2.75) is 25.8 Å². The number of likely N-dealkylation sites (tertiary alicyclic amines) is 1. The Bertz CT molecular complexity index is 742. The average Bonchev–Trinajstić information content (AvgIpc) is 2.64. The van der Waals surface area contributed by atoms with Crippen molar-refractivity contribution in [1.82, 2.24) is 10.2 Å². The number of amides is 1. The predicted molar refractivity (Wildman–Crippen MR) is 97.5 cm³/mol. The summed E-state index contributed by atoms with van der Waals surface area (Å²) in [7, 11) is 0. The highest BCUT2D eigenvalue weighted by molar-refractivity contribution is 5.78. The third-order valence-corrected chi connectivity index (χ3v) is 4.90. The second-order valence-electron chi connectivity index (χ2n) is 6.81. The summed E-state index contributed by atoms with van der Waals surface area (Å²) >= 11 is 0. The molecule has 1 fully saturated rings. The number of piperidine rings is 1. The quantitative estimate of drug-likeness (QED) is 0.857. The molecule has 0 aromatic heterocycles. The zero-order valence-corrected chi connectivity index (χ0v) is 14.8. The van der Waals surface area contributed by atoms with Crippen molar-refractivity contribution in [2.24, 2.45) is 5.92 Å². The molecular formula is C21H24F2N2O. The van der Waals surface area contributed by atoms with Crippen LogP contribution < -0.4 is 5.32 Å². The van der Waals surface area contributed by atoms with Crippen molar-refractivity contribution in [2.75, 3.05) is 19.6 Å². The van der Waals surface area contributed by atoms with Crippen LogP contribution in [0.5, 0.6) is 0 Å². The lowest BCUT2D eigenvalue weighted by Gasteiger charge is -2.31. The van der Waals surface area contributed by atoms with Gasteiger partial charge in [-0.1, -0.05) is 30.3 Å². The number of hydrogen-bond donors (Lipinski definition) is 1. The fourth-order valence-corrected chi connectivity index (χ4v) is 3.41. The van der Waals surface area contributed by atoms with Crippen LogP contribution in [0.15, 0.2) is 48.5 Å². The molecule has 138 valence electrons. The van der Waals surface area contributed by atoms with Gasteiger partial charge in [0.1, 0.15) is 11.6 Å². The molecule has 0 aliphatic carbocycles. The number of hydrogen-bond acceptors (Lipinski definition) is 2. The molecule has 3 rings (SSSR count). The SMILES string of the molecule is O=C(NCCc1ccccc1F)C1CCN(Cc2cccc(F)c2)CC1. The molecule has 0 spiro atoms. The standard InChI is InChI=1S/C21H24F2N2O/c22-19-6-3-4-16(14-19)15-25-12-9-18(10-13-25)21(26)24-11-8-17-5-1-2-7-20(17)23/h1-7,14,18H,8-13,15H2,(H,24,26). The van der Waals surface area contributed by atoms with E-state index in [0.717, 1.165) is 31.5 Å². The first-order chi connectivity index (χ1) is 12.6. The van der Waals surface area contributed by atoms with Gasteiger partial charge in [0, 0.05) is 19.0 Å². The van der Waals surface area contributed by atoms with E-state index >= 15 is 0 Å². The topological polar surface area (TPSA) is 32.3 Å². The normalized spacial score (nSPS) is 15.8. The van der Waals surface area contributed by atoms with Crippen molar-refractivity contribution in [3.8, 4) is 0 Å². The second-order valence-corrected chi connectivity index (χ2v) is 6.81. The molecule has 2 aromatic carbocycles. The number of rotatable bonds is 6. The van der Waals surface area contributed by atoms with Crippen LogP contribution in [0.4, 0.5) is 8.78 Å². The molecule has 1 heterocycles. The van der Waals surface area contributed by atoms with Crippen LogP contribution in [-0.4, -0.2) is 30.4 Å². The molecule has 26 heavy (non-hydrogen) atoms. The largest absolute Gasteiger partial charge is 0.356 e. The highest BCUT2D eigenvalue weighted by Gasteiger charge is 2.24. The molecule has 1 N–H and O–H groups in total. The van der Waals surface area contributed by atoms with Gasteiger partial charge in [-0.3, -0.25) is 9.69 Å². The highest BCUT2D eigenvalue weighted by atomic mass is 19.1. The Balaban J connectivity index is 1.40. The van der Waals surface area contributed by atoms with Gasteiger partial charge >= 0.3 is 0 Å². The van der Waals surface area contributed by atoms with Gasteiger partial charge in [-0.05, 0) is 61.7 Å². The van der Waals surface area contributed by atoms with Crippen molar-refractivity contribution in [1.29, 1.82) is 0 Å². The van der Waals surface area contributed by atoms with Crippen LogP contribution in [0.1, 0.15) is 24.0 Å². The molecule has 0 unspecified atom stereocenters. The van der Waals surface area contributed by atoms with E-state index in [1.54, 1.807) is 30.3 Å². The van der Waals surface area contributed by atoms with Gasteiger partial charge in [0.05, 0.1) is 0 Å². The first-order valence-corrected chi connectivity index (χ1v) is 9.10. The Labute approximate surface area is 153 Å². The summed E-state index contributed by atoms with van der Waals surface area (Å²) in [5.74, 6) is -0.398. The summed E-state index contributed by atoms with van der Waals surface area (Å²) < 4.78 is 26.8. The van der Waals surface area contributed by atoms with Crippen molar-refractivity contribution >= 4 is 5.91 Å². The van der Waals surface area contributed by atoms with E-state index in [0.29, 0.717) is 25.1 Å². The third-order valence-electron chi connectivity index (χ3n) is 4.90. The lowest BCUT2D eigenvalue weighted by atomic mass is 9.95. The molecule has 3 nitrogen and oxygen atoms in total. The van der Waals surface area contributed by atoms with E-state index < -0.39 is 0 Å². The fraction of sp³-hybridized carbons (Fsp3) is 0.381. The first-order valence-electron chi connectivity index (χ1n) is 9.10. The summed E-state index contributed by atoms with van der Waals surface area (Å²) in [6.07, 6.45) is 2.08. The summed E-state index contributed by atoms with van der Waals surface area (Å²) in [6.45, 7) is 2.80. The third kappa shape index (κ3) is 5.11. The number of carbonyl (C=O) groups excluding carboxylic acids is 1. The number of halogens is 2. The Hall–Kier alpha value is -2.27. The van der Waals surface area contributed by atoms with Crippen molar-refractivity contribution in [3.05, 3.63) is 71.3 Å². The minimum absolute atomic E-state index is 0.000574. The van der Waals surface area contributed by atoms with Crippen molar-refractivity contribution < 1.29 is 13.6 Å². The molecule has 0 atom stereocenters. The Morgan fingerprint density at radius 1 is 1.08 bits per heavy atom. The minimum Gasteiger partial charge on any atom is -0.356 e. The molecule has 5 heteroatoms. The molecular weight excluding hydrogens is 334 g/mol. The van der Waals surface area contributed by atoms with Gasteiger partial charge in [-0.15, -0.1) is 0 Å². The van der Waals surface area contributed by atoms with E-state index in [-0.39, 0.29) is 23.5 Å². The zero-order chi connectivity index (χ0) is 18.4. The molecule has 0 bridgehead atoms. The number of nitrogens with one attached hydrogen (secondary N) is 1. The highest BCUT2D eigenvalue weighted by Crippen LogP contribution is 2.19. The second kappa shape index (κ2) is 8.90. The summed E-state index contributed by atoms with van der Waals surface area (Å²) in [5.41, 5.74) is 1.58. The van der Waals surface area contributed by atoms with E-state index in [1.807, 2.05) is 6.07 Å². The van der Waals surface area contributed by atoms with Crippen LogP contribution in [0.25, 0.3) is 0 Å². The van der Waals surface area contributed by atoms with E-state index in [9.17, 15) is 13.6 Å². The average molecular weight is 358 g/mol. The van der Waals surface area contributed by atoms with Gasteiger partial charge in [0.2, 0.25) is 5.91 Å². The summed E-state index contributed by atoms with van der Waals surface area (Å²) in [5, 5.41) is 2.93. The molecule has 0 radical (unpaired) electrons. The lowest BCUT2D eigenvalue weighted by molar-refractivity contribution is -0.126. The van der Waals surface area contributed by atoms with Gasteiger partial charge in [0.25, 0.3) is 0 Å². The first kappa shape index (κ1) is 18.5. The molecule has 2 aromatic rings. The smallest absolute Gasteiger partial charge is 0.223 e. The Morgan fingerprint density at radius 3 is 2.58 bits per heavy atom. The van der Waals surface area contributed by atoms with Crippen LogP contribution in [0, 0.1) is 17.6 Å². The van der Waals surface area contributed by atoms with Gasteiger partial charge in [0.15, 0.2) is 0 Å². The van der Waals surface area contributed by atoms with Crippen LogP contribution in [-0.2, 0) is 17.8 Å². The monoisotopic (exact) mass is 358 g/mol. The van der Waals surface area contributed by atoms with Crippen molar-refractivity contribution in [3.63, 3.8) is 0 Å². The maximum atomic E-state index is 13.6. The molecule has 1 aliphatic rings. The Morgan fingerprint density at radius 2 is 1.85 bits per heavy atom. The maximum Gasteiger partial charge on any atom is 0.223 e. The number of benzene rings is 2. The van der Waals surface area contributed by atoms with E-state index in [2.05, 4.69) is 10.2 Å². The van der Waals surface area contributed by atoms with Crippen LogP contribution in [0.3, 0.4) is 0 Å². The number of nitrogens with zero attached hydrogens (tertiary/aromatic N) is 1. The fourth-order valence-electron chi connectivity index (χ4n) is 3.41. The molecule has 1 aliphatic heterocycles. The van der Waals surface area contributed by atoms with Gasteiger partial charge in [-0.25, -0.2) is 8.78 Å². The van der Waals surface area contributed by atoms with Gasteiger partial charge < -0.3 is 5.32 Å².